The minimum Gasteiger partial charge on any atom is -0.311 e. The molecule has 0 bridgehead atoms. The summed E-state index contributed by atoms with van der Waals surface area (Å²) >= 11 is 0. The molecule has 0 aliphatic heterocycles. The molecule has 19 heavy (non-hydrogen) atoms. The third kappa shape index (κ3) is 2.95. The molecule has 3 aromatic rings. The Hall–Kier alpha value is -2.27. The average Bonchev–Trinajstić information content (AvgIpc) is 2.97. The van der Waals surface area contributed by atoms with Crippen molar-refractivity contribution in [2.24, 2.45) is 0 Å². The summed E-state index contributed by atoms with van der Waals surface area (Å²) in [6, 6.07) is 12.3. The molecule has 2 heterocycles. The number of benzene rings is 1. The zero-order valence-corrected chi connectivity index (χ0v) is 10.5. The number of rotatable bonds is 5. The van der Waals surface area contributed by atoms with E-state index < -0.39 is 0 Å². The molecule has 5 nitrogen and oxygen atoms in total. The number of hydrogen-bond donors (Lipinski definition) is 2. The maximum Gasteiger partial charge on any atom is 0.137 e. The van der Waals surface area contributed by atoms with Crippen molar-refractivity contribution in [2.75, 3.05) is 6.54 Å². The summed E-state index contributed by atoms with van der Waals surface area (Å²) in [6.45, 7) is 1.61. The molecule has 3 rings (SSSR count). The van der Waals surface area contributed by atoms with Crippen LogP contribution >= 0.6 is 0 Å². The van der Waals surface area contributed by atoms with Crippen molar-refractivity contribution in [2.45, 2.75) is 13.0 Å². The van der Waals surface area contributed by atoms with E-state index in [9.17, 15) is 0 Å². The van der Waals surface area contributed by atoms with Crippen LogP contribution in [0.3, 0.4) is 0 Å². The van der Waals surface area contributed by atoms with Gasteiger partial charge in [-0.05, 0) is 12.1 Å². The molecule has 0 saturated carbocycles. The lowest BCUT2D eigenvalue weighted by molar-refractivity contribution is 0.663. The van der Waals surface area contributed by atoms with Gasteiger partial charge in [-0.1, -0.05) is 24.3 Å². The fourth-order valence-corrected chi connectivity index (χ4v) is 1.98. The second-order valence-electron chi connectivity index (χ2n) is 4.35. The van der Waals surface area contributed by atoms with Gasteiger partial charge < -0.3 is 5.32 Å². The van der Waals surface area contributed by atoms with Crippen LogP contribution in [0.5, 0.6) is 0 Å². The van der Waals surface area contributed by atoms with Gasteiger partial charge in [-0.3, -0.25) is 10.1 Å². The highest BCUT2D eigenvalue weighted by Crippen LogP contribution is 2.11. The van der Waals surface area contributed by atoms with E-state index in [1.807, 2.05) is 18.2 Å². The average molecular weight is 253 g/mol. The van der Waals surface area contributed by atoms with Gasteiger partial charge in [0.05, 0.1) is 11.2 Å². The molecule has 0 spiro atoms. The van der Waals surface area contributed by atoms with E-state index in [2.05, 4.69) is 43.7 Å². The molecule has 2 aromatic heterocycles. The molecule has 0 amide bonds. The Morgan fingerprint density at radius 3 is 2.95 bits per heavy atom. The van der Waals surface area contributed by atoms with Gasteiger partial charge in [0.1, 0.15) is 12.2 Å². The summed E-state index contributed by atoms with van der Waals surface area (Å²) < 4.78 is 0. The standard InChI is InChI=1S/C14H15N5/c1-2-4-13-11(3-1)5-6-12(18-13)9-15-8-7-14-16-10-17-19-14/h1-6,10,15H,7-9H2,(H,16,17,19). The van der Waals surface area contributed by atoms with E-state index >= 15 is 0 Å². The highest BCUT2D eigenvalue weighted by atomic mass is 15.2. The van der Waals surface area contributed by atoms with Crippen molar-refractivity contribution in [3.63, 3.8) is 0 Å². The van der Waals surface area contributed by atoms with Crippen LogP contribution in [0.25, 0.3) is 10.9 Å². The summed E-state index contributed by atoms with van der Waals surface area (Å²) in [5, 5.41) is 11.2. The Labute approximate surface area is 111 Å². The number of H-pyrrole nitrogens is 1. The van der Waals surface area contributed by atoms with Crippen molar-refractivity contribution < 1.29 is 0 Å². The van der Waals surface area contributed by atoms with Gasteiger partial charge in [0.2, 0.25) is 0 Å². The number of aromatic amines is 1. The molecule has 0 unspecified atom stereocenters. The number of aromatic nitrogens is 4. The quantitative estimate of drug-likeness (QED) is 0.679. The summed E-state index contributed by atoms with van der Waals surface area (Å²) in [5.41, 5.74) is 2.09. The van der Waals surface area contributed by atoms with Crippen LogP contribution in [0, 0.1) is 0 Å². The van der Waals surface area contributed by atoms with Crippen molar-refractivity contribution >= 4 is 10.9 Å². The minimum absolute atomic E-state index is 0.763. The fraction of sp³-hybridized carbons (Fsp3) is 0.214. The Morgan fingerprint density at radius 2 is 2.05 bits per heavy atom. The lowest BCUT2D eigenvalue weighted by Crippen LogP contribution is -2.17. The topological polar surface area (TPSA) is 66.5 Å². The van der Waals surface area contributed by atoms with Crippen LogP contribution in [0.1, 0.15) is 11.5 Å². The van der Waals surface area contributed by atoms with E-state index in [0.29, 0.717) is 0 Å². The molecule has 0 aliphatic carbocycles. The molecule has 2 N–H and O–H groups in total. The van der Waals surface area contributed by atoms with E-state index in [1.54, 1.807) is 0 Å². The molecule has 0 atom stereocenters. The monoisotopic (exact) mass is 253 g/mol. The van der Waals surface area contributed by atoms with Gasteiger partial charge in [-0.15, -0.1) is 0 Å². The summed E-state index contributed by atoms with van der Waals surface area (Å²) in [7, 11) is 0. The lowest BCUT2D eigenvalue weighted by Gasteiger charge is -2.04. The molecule has 0 fully saturated rings. The van der Waals surface area contributed by atoms with E-state index in [1.165, 1.54) is 11.7 Å². The maximum absolute atomic E-state index is 4.61. The zero-order valence-electron chi connectivity index (χ0n) is 10.5. The van der Waals surface area contributed by atoms with Crippen molar-refractivity contribution in [1.29, 1.82) is 0 Å². The van der Waals surface area contributed by atoms with Crippen LogP contribution in [0.15, 0.2) is 42.7 Å². The van der Waals surface area contributed by atoms with Gasteiger partial charge in [0.25, 0.3) is 0 Å². The first-order valence-electron chi connectivity index (χ1n) is 6.31. The second-order valence-corrected chi connectivity index (χ2v) is 4.35. The van der Waals surface area contributed by atoms with Gasteiger partial charge in [-0.2, -0.15) is 5.10 Å². The molecule has 0 saturated heterocycles. The normalized spacial score (nSPS) is 10.9. The number of fused-ring (bicyclic) bond motifs is 1. The predicted octanol–water partition coefficient (Wildman–Crippen LogP) is 1.69. The number of nitrogens with one attached hydrogen (secondary N) is 2. The zero-order chi connectivity index (χ0) is 12.9. The number of para-hydroxylation sites is 1. The molecular weight excluding hydrogens is 238 g/mol. The Bertz CT molecular complexity index is 648. The van der Waals surface area contributed by atoms with Crippen LogP contribution in [0.4, 0.5) is 0 Å². The number of nitrogens with zero attached hydrogens (tertiary/aromatic N) is 3. The van der Waals surface area contributed by atoms with Gasteiger partial charge in [0.15, 0.2) is 0 Å². The first kappa shape index (κ1) is 11.8. The van der Waals surface area contributed by atoms with Crippen molar-refractivity contribution in [3.8, 4) is 0 Å². The van der Waals surface area contributed by atoms with E-state index in [-0.39, 0.29) is 0 Å². The highest BCUT2D eigenvalue weighted by molar-refractivity contribution is 5.78. The fourth-order valence-electron chi connectivity index (χ4n) is 1.98. The summed E-state index contributed by atoms with van der Waals surface area (Å²) in [5.74, 6) is 0.902. The largest absolute Gasteiger partial charge is 0.311 e. The molecule has 5 heteroatoms. The lowest BCUT2D eigenvalue weighted by atomic mass is 10.2. The SMILES string of the molecule is c1ccc2nc(CNCCc3ncn[nH]3)ccc2c1. The molecular formula is C14H15N5. The highest BCUT2D eigenvalue weighted by Gasteiger charge is 1.99. The smallest absolute Gasteiger partial charge is 0.137 e. The van der Waals surface area contributed by atoms with Crippen molar-refractivity contribution in [1.82, 2.24) is 25.5 Å². The Balaban J connectivity index is 1.56. The maximum atomic E-state index is 4.61. The van der Waals surface area contributed by atoms with E-state index in [4.69, 9.17) is 0 Å². The van der Waals surface area contributed by atoms with E-state index in [0.717, 1.165) is 36.5 Å². The number of hydrogen-bond acceptors (Lipinski definition) is 4. The van der Waals surface area contributed by atoms with Gasteiger partial charge in [-0.25, -0.2) is 4.98 Å². The first-order valence-corrected chi connectivity index (χ1v) is 6.31. The van der Waals surface area contributed by atoms with Gasteiger partial charge in [0, 0.05) is 24.9 Å². The summed E-state index contributed by atoms with van der Waals surface area (Å²) in [4.78, 5) is 8.69. The second kappa shape index (κ2) is 5.58. The van der Waals surface area contributed by atoms with Crippen molar-refractivity contribution in [3.05, 3.63) is 54.2 Å². The minimum atomic E-state index is 0.763. The summed E-state index contributed by atoms with van der Waals surface area (Å²) in [6.07, 6.45) is 2.37. The van der Waals surface area contributed by atoms with Gasteiger partial charge >= 0.3 is 0 Å². The first-order chi connectivity index (χ1) is 9.42. The third-order valence-electron chi connectivity index (χ3n) is 2.97. The Morgan fingerprint density at radius 1 is 1.11 bits per heavy atom. The van der Waals surface area contributed by atoms with Crippen LogP contribution < -0.4 is 5.32 Å². The molecule has 0 aliphatic rings. The third-order valence-corrected chi connectivity index (χ3v) is 2.97. The molecule has 96 valence electrons. The Kier molecular flexibility index (Phi) is 3.47. The number of pyridine rings is 1. The molecule has 0 radical (unpaired) electrons. The van der Waals surface area contributed by atoms with Crippen LogP contribution in [-0.4, -0.2) is 26.7 Å². The van der Waals surface area contributed by atoms with Crippen LogP contribution in [0.2, 0.25) is 0 Å². The van der Waals surface area contributed by atoms with Crippen LogP contribution in [-0.2, 0) is 13.0 Å². The molecule has 1 aromatic carbocycles. The predicted molar refractivity (Wildman–Crippen MR) is 73.5 cm³/mol.